The van der Waals surface area contributed by atoms with Gasteiger partial charge in [-0.1, -0.05) is 91.4 Å². The van der Waals surface area contributed by atoms with Gasteiger partial charge in [-0.05, 0) is 72.0 Å². The number of hydrogen-bond donors (Lipinski definition) is 1. The summed E-state index contributed by atoms with van der Waals surface area (Å²) in [6.45, 7) is 7.40. The minimum absolute atomic E-state index is 0.0684. The summed E-state index contributed by atoms with van der Waals surface area (Å²) in [6.07, 6.45) is 2.03. The molecule has 8 rings (SSSR count). The quantitative estimate of drug-likeness (QED) is 0.173. The molecule has 0 radical (unpaired) electrons. The third-order valence-electron chi connectivity index (χ3n) is 12.7. The average molecular weight is 805 g/mol. The van der Waals surface area contributed by atoms with Gasteiger partial charge in [0.2, 0.25) is 11.8 Å². The first kappa shape index (κ1) is 39.0. The number of carbonyl (C=O) groups is 3. The molecule has 1 N–H and O–H groups in total. The number of hydrogen-bond acceptors (Lipinski definition) is 7. The van der Waals surface area contributed by atoms with Crippen LogP contribution in [0.1, 0.15) is 55.7 Å². The second-order valence-electron chi connectivity index (χ2n) is 16.3. The van der Waals surface area contributed by atoms with Gasteiger partial charge in [-0.3, -0.25) is 14.4 Å². The molecular formula is C45H49ClN4O6Si. The van der Waals surface area contributed by atoms with Crippen molar-refractivity contribution in [2.24, 2.45) is 11.0 Å². The Kier molecular flexibility index (Phi) is 10.6. The number of amides is 3. The molecule has 4 aliphatic heterocycles. The second-order valence-corrected chi connectivity index (χ2v) is 21.4. The number of fused-ring (bicyclic) bond motifs is 2. The molecule has 4 aliphatic rings. The maximum Gasteiger partial charge on any atom is 0.264 e. The predicted octanol–water partition coefficient (Wildman–Crippen LogP) is 7.02. The summed E-state index contributed by atoms with van der Waals surface area (Å²) in [5, 5.41) is 18.0. The van der Waals surface area contributed by atoms with E-state index in [2.05, 4.69) is 32.2 Å². The number of anilines is 2. The first-order valence-corrected chi connectivity index (χ1v) is 23.3. The van der Waals surface area contributed by atoms with Gasteiger partial charge in [0, 0.05) is 35.9 Å². The number of ether oxygens (including phenoxy) is 2. The lowest BCUT2D eigenvalue weighted by atomic mass is 9.82. The Morgan fingerprint density at radius 2 is 1.77 bits per heavy atom. The van der Waals surface area contributed by atoms with E-state index in [0.29, 0.717) is 41.3 Å². The maximum absolute atomic E-state index is 15.4. The number of benzene rings is 4. The fraction of sp³-hybridized carbons (Fsp3) is 0.378. The van der Waals surface area contributed by atoms with E-state index in [1.54, 1.807) is 23.0 Å². The SMILES string of the molecule is COc1ccc([Si](C)(C)[C@H]2[C@H](CC(=O)N3CCC[C@H]3CO)O[C@@]3(C(=O)N(Cc4cccc(N5N=C(c6ccccc6)CCC5=O)c4)c4ccc(Cl)cc43)[C@@H]2C)cc1. The van der Waals surface area contributed by atoms with Crippen molar-refractivity contribution >= 4 is 59.7 Å². The zero-order valence-electron chi connectivity index (χ0n) is 32.9. The van der Waals surface area contributed by atoms with Gasteiger partial charge in [0.25, 0.3) is 5.91 Å². The fourth-order valence-corrected chi connectivity index (χ4v) is 14.0. The highest BCUT2D eigenvalue weighted by Gasteiger charge is 2.66. The Morgan fingerprint density at radius 1 is 1.00 bits per heavy atom. The summed E-state index contributed by atoms with van der Waals surface area (Å²) in [4.78, 5) is 46.3. The van der Waals surface area contributed by atoms with Gasteiger partial charge in [-0.15, -0.1) is 0 Å². The molecule has 3 amide bonds. The van der Waals surface area contributed by atoms with Gasteiger partial charge in [0.05, 0.1) is 64.0 Å². The van der Waals surface area contributed by atoms with Crippen molar-refractivity contribution in [3.05, 3.63) is 119 Å². The van der Waals surface area contributed by atoms with Crippen molar-refractivity contribution in [2.75, 3.05) is 30.2 Å². The number of hydrazone groups is 1. The molecule has 57 heavy (non-hydrogen) atoms. The van der Waals surface area contributed by atoms with Crippen molar-refractivity contribution in [1.29, 1.82) is 0 Å². The van der Waals surface area contributed by atoms with Crippen molar-refractivity contribution < 1.29 is 29.0 Å². The molecule has 1 spiro atoms. The van der Waals surface area contributed by atoms with Gasteiger partial charge < -0.3 is 24.4 Å². The minimum Gasteiger partial charge on any atom is -0.497 e. The van der Waals surface area contributed by atoms with Crippen LogP contribution in [0, 0.1) is 5.92 Å². The Hall–Kier alpha value is -4.81. The minimum atomic E-state index is -2.51. The van der Waals surface area contributed by atoms with Crippen LogP contribution in [0.3, 0.4) is 0 Å². The van der Waals surface area contributed by atoms with Crippen LogP contribution in [0.4, 0.5) is 11.4 Å². The summed E-state index contributed by atoms with van der Waals surface area (Å²) in [6, 6.07) is 30.9. The van der Waals surface area contributed by atoms with E-state index in [1.165, 1.54) is 10.2 Å². The number of nitrogens with zero attached hydrogens (tertiary/aromatic N) is 4. The lowest BCUT2D eigenvalue weighted by Gasteiger charge is -2.37. The molecule has 2 saturated heterocycles. The van der Waals surface area contributed by atoms with E-state index >= 15 is 4.79 Å². The van der Waals surface area contributed by atoms with Crippen LogP contribution in [0.2, 0.25) is 23.7 Å². The third kappa shape index (κ3) is 6.88. The highest BCUT2D eigenvalue weighted by atomic mass is 35.5. The van der Waals surface area contributed by atoms with Gasteiger partial charge in [-0.2, -0.15) is 5.10 Å². The third-order valence-corrected chi connectivity index (χ3v) is 17.3. The Morgan fingerprint density at radius 3 is 2.51 bits per heavy atom. The number of likely N-dealkylation sites (tertiary alicyclic amines) is 1. The summed E-state index contributed by atoms with van der Waals surface area (Å²) >= 11 is 6.73. The van der Waals surface area contributed by atoms with Crippen molar-refractivity contribution in [1.82, 2.24) is 4.90 Å². The number of aliphatic hydroxyl groups excluding tert-OH is 1. The Bertz CT molecular complexity index is 2220. The van der Waals surface area contributed by atoms with Crippen LogP contribution < -0.4 is 19.8 Å². The normalized spacial score (nSPS) is 24.7. The summed E-state index contributed by atoms with van der Waals surface area (Å²) in [7, 11) is -0.866. The second kappa shape index (κ2) is 15.5. The molecule has 4 aromatic rings. The first-order valence-electron chi connectivity index (χ1n) is 19.9. The van der Waals surface area contributed by atoms with E-state index in [0.717, 1.165) is 35.4 Å². The smallest absolute Gasteiger partial charge is 0.264 e. The van der Waals surface area contributed by atoms with Gasteiger partial charge >= 0.3 is 0 Å². The van der Waals surface area contributed by atoms with Crippen LogP contribution in [-0.4, -0.2) is 73.9 Å². The zero-order chi connectivity index (χ0) is 40.1. The van der Waals surface area contributed by atoms with E-state index in [4.69, 9.17) is 26.2 Å². The van der Waals surface area contributed by atoms with Gasteiger partial charge in [0.1, 0.15) is 5.75 Å². The Labute approximate surface area is 340 Å². The average Bonchev–Trinajstić information content (AvgIpc) is 3.89. The highest BCUT2D eigenvalue weighted by Crippen LogP contribution is 2.60. The largest absolute Gasteiger partial charge is 0.497 e. The standard InChI is InChI=1S/C45H49ClN4O6Si/c1-29-43(57(3,4)36-18-16-35(55-2)17-19-36)40(26-42(53)48-23-9-14-34(48)28-51)56-45(29)37-25-32(46)15-21-39(37)49(44(45)54)27-30-10-8-13-33(24-30)50-41(52)22-20-38(47-50)31-11-6-5-7-12-31/h5-8,10-13,15-19,21,24-25,29,34,40,43,51H,9,14,20,22-23,26-28H2,1-4H3/t29-,34+,40+,43-,45+/m1/s1. The topological polar surface area (TPSA) is 112 Å². The van der Waals surface area contributed by atoms with Crippen LogP contribution in [0.15, 0.2) is 102 Å². The molecule has 12 heteroatoms. The molecule has 0 aliphatic carbocycles. The summed E-state index contributed by atoms with van der Waals surface area (Å²) < 4.78 is 12.7. The molecule has 0 saturated carbocycles. The first-order chi connectivity index (χ1) is 27.5. The molecule has 10 nitrogen and oxygen atoms in total. The zero-order valence-corrected chi connectivity index (χ0v) is 34.6. The number of methoxy groups -OCH3 is 1. The summed E-state index contributed by atoms with van der Waals surface area (Å²) in [5.74, 6) is 0.0646. The van der Waals surface area contributed by atoms with Gasteiger partial charge in [0.15, 0.2) is 5.60 Å². The van der Waals surface area contributed by atoms with Crippen molar-refractivity contribution in [3.8, 4) is 5.75 Å². The van der Waals surface area contributed by atoms with Crippen LogP contribution in [-0.2, 0) is 31.3 Å². The van der Waals surface area contributed by atoms with Gasteiger partial charge in [-0.25, -0.2) is 5.01 Å². The maximum atomic E-state index is 15.4. The molecule has 4 heterocycles. The lowest BCUT2D eigenvalue weighted by Crippen LogP contribution is -2.52. The molecule has 2 fully saturated rings. The van der Waals surface area contributed by atoms with Crippen molar-refractivity contribution in [3.63, 3.8) is 0 Å². The number of rotatable bonds is 10. The number of aliphatic hydroxyl groups is 1. The molecule has 0 bridgehead atoms. The van der Waals surface area contributed by atoms with E-state index < -0.39 is 19.8 Å². The number of halogens is 1. The molecular weight excluding hydrogens is 756 g/mol. The molecule has 5 atom stereocenters. The molecule has 296 valence electrons. The summed E-state index contributed by atoms with van der Waals surface area (Å²) in [5.41, 5.74) is 3.12. The van der Waals surface area contributed by atoms with Crippen LogP contribution in [0.25, 0.3) is 0 Å². The van der Waals surface area contributed by atoms with Crippen molar-refractivity contribution in [2.45, 2.75) is 82.0 Å². The number of carbonyl (C=O) groups excluding carboxylic acids is 3. The van der Waals surface area contributed by atoms with E-state index in [-0.39, 0.29) is 54.8 Å². The highest BCUT2D eigenvalue weighted by molar-refractivity contribution is 6.91. The van der Waals surface area contributed by atoms with Crippen LogP contribution >= 0.6 is 11.6 Å². The Balaban J connectivity index is 1.16. The monoisotopic (exact) mass is 804 g/mol. The predicted molar refractivity (Wildman–Crippen MR) is 225 cm³/mol. The van der Waals surface area contributed by atoms with E-state index in [9.17, 15) is 14.7 Å². The van der Waals surface area contributed by atoms with E-state index in [1.807, 2.05) is 78.9 Å². The molecule has 0 aromatic heterocycles. The molecule has 4 aromatic carbocycles. The molecule has 0 unspecified atom stereocenters. The lowest BCUT2D eigenvalue weighted by molar-refractivity contribution is -0.150. The fourth-order valence-electron chi connectivity index (χ4n) is 9.85. The van der Waals surface area contributed by atoms with Crippen LogP contribution in [0.5, 0.6) is 5.75 Å².